The van der Waals surface area contributed by atoms with Crippen molar-refractivity contribution in [3.8, 4) is 5.75 Å². The average Bonchev–Trinajstić information content (AvgIpc) is 2.66. The summed E-state index contributed by atoms with van der Waals surface area (Å²) in [6.07, 6.45) is 0. The van der Waals surface area contributed by atoms with Crippen molar-refractivity contribution in [1.29, 1.82) is 0 Å². The first-order chi connectivity index (χ1) is 14.6. The van der Waals surface area contributed by atoms with Gasteiger partial charge < -0.3 is 10.1 Å². The van der Waals surface area contributed by atoms with Gasteiger partial charge >= 0.3 is 0 Å². The summed E-state index contributed by atoms with van der Waals surface area (Å²) in [4.78, 5) is 20.3. The minimum Gasteiger partial charge on any atom is -0.483 e. The van der Waals surface area contributed by atoms with Crippen LogP contribution in [0.3, 0.4) is 0 Å². The van der Waals surface area contributed by atoms with Gasteiger partial charge in [-0.2, -0.15) is 0 Å². The molecular weight excluding hydrogens is 508 g/mol. The molecule has 0 aliphatic heterocycles. The first kappa shape index (κ1) is 23.0. The molecule has 0 atom stereocenters. The highest BCUT2D eigenvalue weighted by atomic mass is 79.9. The molecular formula is C20H18BrClN4O4S. The largest absolute Gasteiger partial charge is 0.483 e. The van der Waals surface area contributed by atoms with Gasteiger partial charge in [-0.05, 0) is 72.2 Å². The van der Waals surface area contributed by atoms with Crippen LogP contribution in [0.1, 0.15) is 11.5 Å². The Hall–Kier alpha value is -2.69. The SMILES string of the molecule is Cc1cc(NS(=O)(=O)c2ccc(NC(=O)COc3ccc(Cl)cc3Br)cc2)nc(C)n1. The van der Waals surface area contributed by atoms with Crippen molar-refractivity contribution in [3.05, 3.63) is 69.5 Å². The summed E-state index contributed by atoms with van der Waals surface area (Å²) in [5.41, 5.74) is 1.08. The lowest BCUT2D eigenvalue weighted by atomic mass is 10.3. The Kier molecular flexibility index (Phi) is 7.14. The molecule has 162 valence electrons. The number of hydrogen-bond acceptors (Lipinski definition) is 6. The van der Waals surface area contributed by atoms with E-state index in [0.29, 0.717) is 32.5 Å². The number of aromatic nitrogens is 2. The molecule has 0 unspecified atom stereocenters. The zero-order valence-electron chi connectivity index (χ0n) is 16.5. The number of sulfonamides is 1. The van der Waals surface area contributed by atoms with E-state index >= 15 is 0 Å². The second-order valence-electron chi connectivity index (χ2n) is 6.48. The van der Waals surface area contributed by atoms with Gasteiger partial charge in [-0.15, -0.1) is 0 Å². The Labute approximate surface area is 193 Å². The molecule has 0 bridgehead atoms. The molecule has 11 heteroatoms. The average molecular weight is 526 g/mol. The number of carbonyl (C=O) groups excluding carboxylic acids is 1. The van der Waals surface area contributed by atoms with Gasteiger partial charge in [0.2, 0.25) is 0 Å². The third-order valence-corrected chi connectivity index (χ3v) is 6.13. The van der Waals surface area contributed by atoms with Crippen LogP contribution in [0.2, 0.25) is 5.02 Å². The number of aryl methyl sites for hydroxylation is 2. The number of nitrogens with zero attached hydrogens (tertiary/aromatic N) is 2. The van der Waals surface area contributed by atoms with Crippen LogP contribution < -0.4 is 14.8 Å². The van der Waals surface area contributed by atoms with Crippen molar-refractivity contribution >= 4 is 55.0 Å². The van der Waals surface area contributed by atoms with Gasteiger partial charge in [-0.25, -0.2) is 18.4 Å². The van der Waals surface area contributed by atoms with Crippen molar-refractivity contribution in [2.45, 2.75) is 18.7 Å². The van der Waals surface area contributed by atoms with E-state index in [9.17, 15) is 13.2 Å². The van der Waals surface area contributed by atoms with Crippen LogP contribution in [-0.2, 0) is 14.8 Å². The summed E-state index contributed by atoms with van der Waals surface area (Å²) in [5.74, 6) is 0.723. The summed E-state index contributed by atoms with van der Waals surface area (Å²) in [6, 6.07) is 12.2. The minimum absolute atomic E-state index is 0.0285. The fraction of sp³-hybridized carbons (Fsp3) is 0.150. The number of nitrogens with one attached hydrogen (secondary N) is 2. The summed E-state index contributed by atoms with van der Waals surface area (Å²) in [7, 11) is -3.84. The quantitative estimate of drug-likeness (QED) is 0.475. The molecule has 3 rings (SSSR count). The first-order valence-electron chi connectivity index (χ1n) is 8.95. The third-order valence-electron chi connectivity index (χ3n) is 3.91. The molecule has 1 heterocycles. The maximum atomic E-state index is 12.6. The zero-order valence-corrected chi connectivity index (χ0v) is 19.7. The van der Waals surface area contributed by atoms with Crippen molar-refractivity contribution < 1.29 is 17.9 Å². The van der Waals surface area contributed by atoms with Gasteiger partial charge in [0, 0.05) is 22.5 Å². The number of amides is 1. The fourth-order valence-corrected chi connectivity index (χ4v) is 4.41. The molecule has 0 aliphatic carbocycles. The fourth-order valence-electron chi connectivity index (χ4n) is 2.62. The van der Waals surface area contributed by atoms with E-state index in [4.69, 9.17) is 16.3 Å². The highest BCUT2D eigenvalue weighted by Crippen LogP contribution is 2.28. The van der Waals surface area contributed by atoms with Crippen molar-refractivity contribution in [2.24, 2.45) is 0 Å². The van der Waals surface area contributed by atoms with Crippen molar-refractivity contribution in [3.63, 3.8) is 0 Å². The number of anilines is 2. The second-order valence-corrected chi connectivity index (χ2v) is 9.46. The Morgan fingerprint density at radius 2 is 1.81 bits per heavy atom. The third kappa shape index (κ3) is 6.39. The van der Waals surface area contributed by atoms with E-state index in [2.05, 4.69) is 35.9 Å². The molecule has 0 saturated carbocycles. The Balaban J connectivity index is 1.61. The number of halogens is 2. The Bertz CT molecular complexity index is 1200. The van der Waals surface area contributed by atoms with Crippen LogP contribution in [0.4, 0.5) is 11.5 Å². The van der Waals surface area contributed by atoms with Gasteiger partial charge in [0.15, 0.2) is 6.61 Å². The molecule has 0 spiro atoms. The maximum Gasteiger partial charge on any atom is 0.263 e. The van der Waals surface area contributed by atoms with E-state index in [0.717, 1.165) is 0 Å². The number of ether oxygens (including phenoxy) is 1. The number of rotatable bonds is 7. The predicted octanol–water partition coefficient (Wildman–Crippen LogP) is 4.33. The standard InChI is InChI=1S/C20H18BrClN4O4S/c1-12-9-19(24-13(2)23-12)26-31(28,29)16-6-4-15(5-7-16)25-20(27)11-30-18-8-3-14(22)10-17(18)21/h3-10H,11H2,1-2H3,(H,25,27)(H,23,24,26). The summed E-state index contributed by atoms with van der Waals surface area (Å²) in [5, 5.41) is 3.19. The molecule has 31 heavy (non-hydrogen) atoms. The highest BCUT2D eigenvalue weighted by molar-refractivity contribution is 9.10. The maximum absolute atomic E-state index is 12.6. The van der Waals surface area contributed by atoms with Gasteiger partial charge in [0.1, 0.15) is 17.4 Å². The van der Waals surface area contributed by atoms with E-state index < -0.39 is 15.9 Å². The Morgan fingerprint density at radius 1 is 1.10 bits per heavy atom. The van der Waals surface area contributed by atoms with E-state index in [1.165, 1.54) is 30.3 Å². The number of hydrogen-bond donors (Lipinski definition) is 2. The molecule has 3 aromatic rings. The van der Waals surface area contributed by atoms with Gasteiger partial charge in [0.25, 0.3) is 15.9 Å². The van der Waals surface area contributed by atoms with Crippen LogP contribution in [0, 0.1) is 13.8 Å². The molecule has 0 saturated heterocycles. The molecule has 2 aromatic carbocycles. The molecule has 2 N–H and O–H groups in total. The predicted molar refractivity (Wildman–Crippen MR) is 122 cm³/mol. The second kappa shape index (κ2) is 9.63. The zero-order chi connectivity index (χ0) is 22.6. The lowest BCUT2D eigenvalue weighted by Gasteiger charge is -2.11. The van der Waals surface area contributed by atoms with Crippen LogP contribution in [0.25, 0.3) is 0 Å². The lowest BCUT2D eigenvalue weighted by molar-refractivity contribution is -0.118. The summed E-state index contributed by atoms with van der Waals surface area (Å²) >= 11 is 9.18. The lowest BCUT2D eigenvalue weighted by Crippen LogP contribution is -2.20. The van der Waals surface area contributed by atoms with Crippen LogP contribution in [-0.4, -0.2) is 30.9 Å². The van der Waals surface area contributed by atoms with E-state index in [-0.39, 0.29) is 17.3 Å². The molecule has 8 nitrogen and oxygen atoms in total. The molecule has 1 amide bonds. The van der Waals surface area contributed by atoms with Crippen molar-refractivity contribution in [1.82, 2.24) is 9.97 Å². The summed E-state index contributed by atoms with van der Waals surface area (Å²) in [6.45, 7) is 3.20. The monoisotopic (exact) mass is 524 g/mol. The molecule has 1 aromatic heterocycles. The smallest absolute Gasteiger partial charge is 0.263 e. The van der Waals surface area contributed by atoms with Gasteiger partial charge in [0.05, 0.1) is 9.37 Å². The topological polar surface area (TPSA) is 110 Å². The number of carbonyl (C=O) groups is 1. The first-order valence-corrected chi connectivity index (χ1v) is 11.6. The minimum atomic E-state index is -3.84. The van der Waals surface area contributed by atoms with Crippen LogP contribution in [0.15, 0.2) is 57.9 Å². The van der Waals surface area contributed by atoms with Gasteiger partial charge in [-0.1, -0.05) is 11.6 Å². The number of benzene rings is 2. The normalized spacial score (nSPS) is 11.1. The van der Waals surface area contributed by atoms with Crippen molar-refractivity contribution in [2.75, 3.05) is 16.6 Å². The molecule has 0 fully saturated rings. The van der Waals surface area contributed by atoms with E-state index in [1.807, 2.05) is 0 Å². The van der Waals surface area contributed by atoms with Crippen LogP contribution >= 0.6 is 27.5 Å². The van der Waals surface area contributed by atoms with Gasteiger partial charge in [-0.3, -0.25) is 9.52 Å². The van der Waals surface area contributed by atoms with Crippen LogP contribution in [0.5, 0.6) is 5.75 Å². The molecule has 0 aliphatic rings. The summed E-state index contributed by atoms with van der Waals surface area (Å²) < 4.78 is 33.7. The van der Waals surface area contributed by atoms with E-state index in [1.54, 1.807) is 32.0 Å². The molecule has 0 radical (unpaired) electrons. The highest BCUT2D eigenvalue weighted by Gasteiger charge is 2.16. The Morgan fingerprint density at radius 3 is 2.45 bits per heavy atom.